The molecule has 1 aliphatic carbocycles. The highest BCUT2D eigenvalue weighted by Crippen LogP contribution is 2.42. The highest BCUT2D eigenvalue weighted by molar-refractivity contribution is 5.01. The lowest BCUT2D eigenvalue weighted by Gasteiger charge is -2.50. The highest BCUT2D eigenvalue weighted by Gasteiger charge is 2.48. The zero-order chi connectivity index (χ0) is 71.6. The van der Waals surface area contributed by atoms with E-state index in [9.17, 15) is 32.9 Å². The van der Waals surface area contributed by atoms with Gasteiger partial charge in [0, 0.05) is 172 Å². The zero-order valence-corrected chi connectivity index (χ0v) is 63.6. The summed E-state index contributed by atoms with van der Waals surface area (Å²) < 4.78 is 50.8. The maximum absolute atomic E-state index is 13.0. The normalized spacial score (nSPS) is 35.3. The molecule has 16 atom stereocenters. The van der Waals surface area contributed by atoms with Gasteiger partial charge in [-0.2, -0.15) is 13.2 Å². The first-order valence-corrected chi connectivity index (χ1v) is 35.6. The van der Waals surface area contributed by atoms with Crippen molar-refractivity contribution in [3.63, 3.8) is 0 Å². The maximum atomic E-state index is 13.0. The van der Waals surface area contributed by atoms with Gasteiger partial charge in [-0.15, -0.1) is 0 Å². The Hall–Kier alpha value is -0.960. The van der Waals surface area contributed by atoms with Crippen molar-refractivity contribution in [3.8, 4) is 0 Å². The summed E-state index contributed by atoms with van der Waals surface area (Å²) in [5, 5.41) is 29.9. The van der Waals surface area contributed by atoms with Gasteiger partial charge >= 0.3 is 6.18 Å². The molecule has 7 aliphatic heterocycles. The van der Waals surface area contributed by atoms with Gasteiger partial charge in [0.2, 0.25) is 0 Å². The van der Waals surface area contributed by atoms with Gasteiger partial charge in [0.25, 0.3) is 0 Å². The molecule has 8 rings (SSSR count). The summed E-state index contributed by atoms with van der Waals surface area (Å²) in [5.41, 5.74) is 41.3. The fraction of sp³-hybridized carbons (Fsp3) is 1.00. The number of likely N-dealkylation sites (tertiary alicyclic amines) is 7. The van der Waals surface area contributed by atoms with Crippen molar-refractivity contribution in [1.29, 1.82) is 0 Å². The Kier molecular flexibility index (Phi) is 33.0. The Labute approximate surface area is 561 Å². The minimum atomic E-state index is -4.12. The fourth-order valence-electron chi connectivity index (χ4n) is 13.5. The molecule has 16 unspecified atom stereocenters. The molecular weight excluding hydrogens is 1170 g/mol. The van der Waals surface area contributed by atoms with Crippen molar-refractivity contribution in [2.45, 2.75) is 329 Å². The van der Waals surface area contributed by atoms with E-state index in [0.717, 1.165) is 70.7 Å². The van der Waals surface area contributed by atoms with Gasteiger partial charge in [-0.1, -0.05) is 20.8 Å². The Morgan fingerprint density at radius 3 is 1.16 bits per heavy atom. The summed E-state index contributed by atoms with van der Waals surface area (Å²) in [6.07, 6.45) is 1.31. The summed E-state index contributed by atoms with van der Waals surface area (Å²) >= 11 is 0. The predicted octanol–water partition coefficient (Wildman–Crippen LogP) is 7.87. The first kappa shape index (κ1) is 87.1. The van der Waals surface area contributed by atoms with E-state index in [0.29, 0.717) is 43.1 Å². The van der Waals surface area contributed by atoms with Crippen LogP contribution in [0.3, 0.4) is 0 Å². The van der Waals surface area contributed by atoms with E-state index in [1.807, 2.05) is 32.6 Å². The minimum absolute atomic E-state index is 0.0517. The van der Waals surface area contributed by atoms with Gasteiger partial charge in [-0.25, -0.2) is 4.39 Å². The molecule has 0 bridgehead atoms. The van der Waals surface area contributed by atoms with Crippen molar-refractivity contribution in [2.24, 2.45) is 75.6 Å². The average Bonchev–Trinajstić information content (AvgIpc) is 1.47. The lowest BCUT2D eigenvalue weighted by atomic mass is 9.79. The SMILES string of the molecule is CC(C)(C)N1CC(N)C(O)C(C2CC2)C1.CC(C)(C)N1CC(N)CC(C(F)(F)F)C1.CC(C)(C)N1CCC(F)C(N)C1.CC(C)(C)N1CCCC(N)C1.CC1CC(N)CN(C(C)(C)C)C1.CC1CN(C(C)(C)C)CC(N)C1(C)O.CC1CN(C(C)(C)C)CC(N)C1O. The summed E-state index contributed by atoms with van der Waals surface area (Å²) in [6.45, 7) is 65.7. The Morgan fingerprint density at radius 1 is 0.402 bits per heavy atom. The smallest absolute Gasteiger partial charge is 0.391 e. The molecule has 8 aliphatic rings. The third-order valence-corrected chi connectivity index (χ3v) is 20.9. The lowest BCUT2D eigenvalue weighted by molar-refractivity contribution is -0.192. The molecule has 550 valence electrons. The van der Waals surface area contributed by atoms with Crippen LogP contribution in [0.25, 0.3) is 0 Å². The summed E-state index contributed by atoms with van der Waals surface area (Å²) in [4.78, 5) is 16.1. The van der Waals surface area contributed by atoms with Gasteiger partial charge in [0.1, 0.15) is 6.17 Å². The molecule has 0 spiro atoms. The van der Waals surface area contributed by atoms with Crippen LogP contribution in [-0.2, 0) is 0 Å². The number of piperidine rings is 7. The molecular formula is C71H150F4N14O3. The standard InChI is InChI=1S/C12H24N2O.C11H24N2O.C10H19F3N2.C10H22N2O.C10H22N2.C9H19FN2.C9H20N2/c1-12(2,3)14-6-9(8-4-5-8)11(15)10(13)7-14;1-8-6-13(10(2,3)4)7-9(12)11(8,5)14;1-9(2,3)15-5-7(10(11,12)13)4-8(14)6-15;1-7-5-12(10(2,3)4)6-8(11)9(7)13;1-8-5-9(11)7-12(6-8)10(2,3)4;1-9(2,3)12-5-4-7(10)8(11)6-12;1-9(2,3)11-6-4-5-8(10)7-11/h8-11,15H,4-7,13H2,1-3H3;8-9,14H,6-7,12H2,1-5H3;7-8H,4-6,14H2,1-3H3;7-9,13H,5-6,11H2,1-4H3;8-9H,5-7,11H2,1-4H3;7-8H,4-6,11H2,1-3H3;8H,4-7,10H2,1-3H3. The topological polar surface area (TPSA) is 266 Å². The third kappa shape index (κ3) is 29.5. The van der Waals surface area contributed by atoms with Gasteiger partial charge in [0.15, 0.2) is 0 Å². The van der Waals surface area contributed by atoms with Crippen LogP contribution in [0, 0.1) is 35.5 Å². The van der Waals surface area contributed by atoms with Crippen molar-refractivity contribution < 1.29 is 32.9 Å². The number of halogens is 4. The highest BCUT2D eigenvalue weighted by atomic mass is 19.4. The van der Waals surface area contributed by atoms with E-state index in [1.165, 1.54) is 45.2 Å². The molecule has 8 fully saturated rings. The van der Waals surface area contributed by atoms with Crippen molar-refractivity contribution >= 4 is 0 Å². The van der Waals surface area contributed by atoms with E-state index in [-0.39, 0.29) is 100 Å². The molecule has 17 N–H and O–H groups in total. The number of nitrogens with two attached hydrogens (primary N) is 7. The van der Waals surface area contributed by atoms with E-state index < -0.39 is 23.9 Å². The maximum Gasteiger partial charge on any atom is 0.393 e. The van der Waals surface area contributed by atoms with E-state index in [2.05, 4.69) is 175 Å². The number of hydrogen-bond donors (Lipinski definition) is 10. The molecule has 17 nitrogen and oxygen atoms in total. The molecule has 92 heavy (non-hydrogen) atoms. The number of hydrogen-bond acceptors (Lipinski definition) is 17. The average molecular weight is 1320 g/mol. The molecule has 0 radical (unpaired) electrons. The predicted molar refractivity (Wildman–Crippen MR) is 379 cm³/mol. The summed E-state index contributed by atoms with van der Waals surface area (Å²) in [6, 6.07) is -0.185. The van der Waals surface area contributed by atoms with Crippen LogP contribution >= 0.6 is 0 Å². The van der Waals surface area contributed by atoms with Gasteiger partial charge in [-0.05, 0) is 227 Å². The second-order valence-corrected chi connectivity index (χ2v) is 36.8. The number of aliphatic hydroxyl groups excluding tert-OH is 2. The fourth-order valence-corrected chi connectivity index (χ4v) is 13.5. The first-order chi connectivity index (χ1) is 41.3. The Morgan fingerprint density at radius 2 is 0.783 bits per heavy atom. The number of alkyl halides is 4. The molecule has 7 heterocycles. The van der Waals surface area contributed by atoms with E-state index >= 15 is 0 Å². The quantitative estimate of drug-likeness (QED) is 0.112. The summed E-state index contributed by atoms with van der Waals surface area (Å²) in [5.74, 6) is 1.13. The molecule has 0 aromatic heterocycles. The van der Waals surface area contributed by atoms with Crippen molar-refractivity contribution in [3.05, 3.63) is 0 Å². The second-order valence-electron chi connectivity index (χ2n) is 36.8. The third-order valence-electron chi connectivity index (χ3n) is 20.9. The zero-order valence-electron chi connectivity index (χ0n) is 63.6. The molecule has 0 amide bonds. The largest absolute Gasteiger partial charge is 0.393 e. The molecule has 1 saturated carbocycles. The van der Waals surface area contributed by atoms with Crippen LogP contribution in [0.2, 0.25) is 0 Å². The number of rotatable bonds is 1. The van der Waals surface area contributed by atoms with E-state index in [1.54, 1.807) is 0 Å². The Bertz CT molecular complexity index is 2000. The van der Waals surface area contributed by atoms with Gasteiger partial charge < -0.3 is 55.5 Å². The minimum Gasteiger partial charge on any atom is -0.391 e. The number of aliphatic hydroxyl groups is 3. The molecule has 7 saturated heterocycles. The number of nitrogens with zero attached hydrogens (tertiary/aromatic N) is 7. The van der Waals surface area contributed by atoms with Crippen LogP contribution in [0.4, 0.5) is 17.6 Å². The molecule has 21 heteroatoms. The first-order valence-electron chi connectivity index (χ1n) is 35.6. The monoisotopic (exact) mass is 1320 g/mol. The molecule has 0 aromatic carbocycles. The van der Waals surface area contributed by atoms with Crippen LogP contribution in [0.1, 0.15) is 218 Å². The lowest BCUT2D eigenvalue weighted by Crippen LogP contribution is -2.65. The molecule has 0 aromatic rings. The van der Waals surface area contributed by atoms with Crippen LogP contribution in [0.5, 0.6) is 0 Å². The Balaban J connectivity index is 0.000000367. The van der Waals surface area contributed by atoms with E-state index in [4.69, 9.17) is 40.1 Å². The van der Waals surface area contributed by atoms with Gasteiger partial charge in [0.05, 0.1) is 23.7 Å². The van der Waals surface area contributed by atoms with Crippen molar-refractivity contribution in [2.75, 3.05) is 91.6 Å². The van der Waals surface area contributed by atoms with Crippen LogP contribution in [0.15, 0.2) is 0 Å². The summed E-state index contributed by atoms with van der Waals surface area (Å²) in [7, 11) is 0. The van der Waals surface area contributed by atoms with Crippen LogP contribution < -0.4 is 40.1 Å². The van der Waals surface area contributed by atoms with Gasteiger partial charge in [-0.3, -0.25) is 34.3 Å². The van der Waals surface area contributed by atoms with Crippen LogP contribution in [-0.4, -0.2) is 252 Å². The second kappa shape index (κ2) is 34.9. The van der Waals surface area contributed by atoms with Crippen molar-refractivity contribution in [1.82, 2.24) is 34.3 Å².